The van der Waals surface area contributed by atoms with Gasteiger partial charge >= 0.3 is 0 Å². The zero-order valence-corrected chi connectivity index (χ0v) is 12.8. The summed E-state index contributed by atoms with van der Waals surface area (Å²) in [7, 11) is 0. The number of aromatic nitrogens is 1. The number of benzene rings is 1. The molecule has 2 atom stereocenters. The van der Waals surface area contributed by atoms with E-state index < -0.39 is 0 Å². The van der Waals surface area contributed by atoms with Gasteiger partial charge in [0.25, 0.3) is 0 Å². The lowest BCUT2D eigenvalue weighted by atomic mass is 10.1. The van der Waals surface area contributed by atoms with Gasteiger partial charge in [0.15, 0.2) is 5.43 Å². The third-order valence-corrected chi connectivity index (χ3v) is 4.10. The summed E-state index contributed by atoms with van der Waals surface area (Å²) >= 11 is 0. The van der Waals surface area contributed by atoms with Crippen LogP contribution in [0.25, 0.3) is 10.9 Å². The standard InChI is InChI=1S/C17H22N2O2/c1-11-8-19(9-12(2)21-11)10-15-13(3)18-16-7-5-4-6-14(16)17(15)20/h4-7,11-12H,8-10H2,1-3H3,(H,18,20). The van der Waals surface area contributed by atoms with Gasteiger partial charge in [-0.15, -0.1) is 0 Å². The minimum Gasteiger partial charge on any atom is -0.373 e. The van der Waals surface area contributed by atoms with Crippen LogP contribution in [0.2, 0.25) is 0 Å². The molecule has 1 aromatic carbocycles. The number of aryl methyl sites for hydroxylation is 1. The Morgan fingerprint density at radius 3 is 2.62 bits per heavy atom. The molecule has 0 aliphatic carbocycles. The molecule has 1 aliphatic heterocycles. The van der Waals surface area contributed by atoms with E-state index in [1.165, 1.54) is 0 Å². The minimum atomic E-state index is 0.147. The minimum absolute atomic E-state index is 0.147. The van der Waals surface area contributed by atoms with Gasteiger partial charge in [0.2, 0.25) is 0 Å². The number of para-hydroxylation sites is 1. The number of hydrogen-bond donors (Lipinski definition) is 1. The van der Waals surface area contributed by atoms with E-state index in [9.17, 15) is 4.79 Å². The van der Waals surface area contributed by atoms with Crippen molar-refractivity contribution in [2.45, 2.75) is 39.5 Å². The van der Waals surface area contributed by atoms with Crippen molar-refractivity contribution in [2.24, 2.45) is 0 Å². The Bertz CT molecular complexity index is 697. The highest BCUT2D eigenvalue weighted by atomic mass is 16.5. The van der Waals surface area contributed by atoms with Crippen LogP contribution in [0.3, 0.4) is 0 Å². The summed E-state index contributed by atoms with van der Waals surface area (Å²) in [6, 6.07) is 7.70. The third-order valence-electron chi connectivity index (χ3n) is 4.10. The maximum Gasteiger partial charge on any atom is 0.194 e. The number of H-pyrrole nitrogens is 1. The maximum absolute atomic E-state index is 12.7. The molecule has 1 aliphatic rings. The van der Waals surface area contributed by atoms with Crippen molar-refractivity contribution in [3.8, 4) is 0 Å². The average Bonchev–Trinajstić information content (AvgIpc) is 2.42. The third kappa shape index (κ3) is 2.87. The number of nitrogens with zero attached hydrogens (tertiary/aromatic N) is 1. The number of rotatable bonds is 2. The van der Waals surface area contributed by atoms with E-state index in [0.29, 0.717) is 6.54 Å². The van der Waals surface area contributed by atoms with Gasteiger partial charge in [-0.1, -0.05) is 12.1 Å². The highest BCUT2D eigenvalue weighted by Crippen LogP contribution is 2.16. The van der Waals surface area contributed by atoms with Crippen LogP contribution in [0.1, 0.15) is 25.1 Å². The number of fused-ring (bicyclic) bond motifs is 1. The molecule has 0 amide bonds. The second-order valence-corrected chi connectivity index (χ2v) is 6.05. The summed E-state index contributed by atoms with van der Waals surface area (Å²) in [6.07, 6.45) is 0.433. The van der Waals surface area contributed by atoms with Crippen molar-refractivity contribution >= 4 is 10.9 Å². The lowest BCUT2D eigenvalue weighted by molar-refractivity contribution is -0.0706. The van der Waals surface area contributed by atoms with Crippen molar-refractivity contribution in [3.63, 3.8) is 0 Å². The normalized spacial score (nSPS) is 23.6. The van der Waals surface area contributed by atoms with Gasteiger partial charge in [-0.05, 0) is 32.9 Å². The average molecular weight is 286 g/mol. The molecular weight excluding hydrogens is 264 g/mol. The number of morpholine rings is 1. The van der Waals surface area contributed by atoms with Crippen LogP contribution in [0.5, 0.6) is 0 Å². The Morgan fingerprint density at radius 1 is 1.24 bits per heavy atom. The first-order valence-corrected chi connectivity index (χ1v) is 7.53. The highest BCUT2D eigenvalue weighted by molar-refractivity contribution is 5.79. The summed E-state index contributed by atoms with van der Waals surface area (Å²) in [5, 5.41) is 0.771. The molecule has 4 heteroatoms. The predicted octanol–water partition coefficient (Wildman–Crippen LogP) is 2.45. The molecule has 2 aromatic rings. The molecule has 4 nitrogen and oxygen atoms in total. The van der Waals surface area contributed by atoms with E-state index in [1.807, 2.05) is 31.2 Å². The lowest BCUT2D eigenvalue weighted by Crippen LogP contribution is -2.45. The predicted molar refractivity (Wildman–Crippen MR) is 84.6 cm³/mol. The highest BCUT2D eigenvalue weighted by Gasteiger charge is 2.23. The van der Waals surface area contributed by atoms with E-state index in [-0.39, 0.29) is 17.6 Å². The van der Waals surface area contributed by atoms with Crippen molar-refractivity contribution in [1.82, 2.24) is 9.88 Å². The molecule has 3 rings (SSSR count). The molecule has 2 heterocycles. The Morgan fingerprint density at radius 2 is 1.90 bits per heavy atom. The quantitative estimate of drug-likeness (QED) is 0.922. The van der Waals surface area contributed by atoms with Crippen LogP contribution in [0.4, 0.5) is 0 Å². The fourth-order valence-electron chi connectivity index (χ4n) is 3.23. The summed E-state index contributed by atoms with van der Waals surface area (Å²) in [4.78, 5) is 18.4. The largest absolute Gasteiger partial charge is 0.373 e. The monoisotopic (exact) mass is 286 g/mol. The second-order valence-electron chi connectivity index (χ2n) is 6.05. The number of hydrogen-bond acceptors (Lipinski definition) is 3. The first kappa shape index (κ1) is 14.3. The van der Waals surface area contributed by atoms with Crippen LogP contribution < -0.4 is 5.43 Å². The van der Waals surface area contributed by atoms with Gasteiger partial charge in [-0.2, -0.15) is 0 Å². The van der Waals surface area contributed by atoms with Crippen molar-refractivity contribution in [1.29, 1.82) is 0 Å². The summed E-state index contributed by atoms with van der Waals surface area (Å²) < 4.78 is 5.76. The van der Waals surface area contributed by atoms with Crippen LogP contribution in [-0.4, -0.2) is 35.2 Å². The van der Waals surface area contributed by atoms with Crippen LogP contribution >= 0.6 is 0 Å². The SMILES string of the molecule is Cc1[nH]c2ccccc2c(=O)c1CN1CC(C)OC(C)C1. The smallest absolute Gasteiger partial charge is 0.194 e. The Labute approximate surface area is 124 Å². The van der Waals surface area contributed by atoms with Gasteiger partial charge in [0.05, 0.1) is 12.2 Å². The molecule has 0 saturated carbocycles. The topological polar surface area (TPSA) is 45.3 Å². The molecule has 1 saturated heterocycles. The van der Waals surface area contributed by atoms with Gasteiger partial charge < -0.3 is 9.72 Å². The van der Waals surface area contributed by atoms with Gasteiger partial charge in [0, 0.05) is 41.8 Å². The van der Waals surface area contributed by atoms with Crippen molar-refractivity contribution in [3.05, 3.63) is 45.7 Å². The molecule has 21 heavy (non-hydrogen) atoms. The molecule has 0 bridgehead atoms. The molecule has 1 fully saturated rings. The molecule has 2 unspecified atom stereocenters. The Kier molecular flexibility index (Phi) is 3.83. The van der Waals surface area contributed by atoms with E-state index in [0.717, 1.165) is 35.2 Å². The second kappa shape index (κ2) is 5.62. The number of aromatic amines is 1. The molecule has 0 spiro atoms. The molecule has 1 N–H and O–H groups in total. The summed E-state index contributed by atoms with van der Waals surface area (Å²) in [6.45, 7) is 8.58. The summed E-state index contributed by atoms with van der Waals surface area (Å²) in [5.74, 6) is 0. The fourth-order valence-corrected chi connectivity index (χ4v) is 3.23. The fraction of sp³-hybridized carbons (Fsp3) is 0.471. The molecule has 1 aromatic heterocycles. The number of nitrogens with one attached hydrogen (secondary N) is 1. The first-order chi connectivity index (χ1) is 10.0. The van der Waals surface area contributed by atoms with E-state index in [2.05, 4.69) is 23.7 Å². The summed E-state index contributed by atoms with van der Waals surface area (Å²) in [5.41, 5.74) is 2.89. The van der Waals surface area contributed by atoms with E-state index in [1.54, 1.807) is 0 Å². The zero-order valence-electron chi connectivity index (χ0n) is 12.8. The lowest BCUT2D eigenvalue weighted by Gasteiger charge is -2.35. The van der Waals surface area contributed by atoms with Gasteiger partial charge in [-0.3, -0.25) is 9.69 Å². The van der Waals surface area contributed by atoms with Gasteiger partial charge in [-0.25, -0.2) is 0 Å². The van der Waals surface area contributed by atoms with Crippen molar-refractivity contribution in [2.75, 3.05) is 13.1 Å². The molecule has 0 radical (unpaired) electrons. The molecule has 112 valence electrons. The number of pyridine rings is 1. The first-order valence-electron chi connectivity index (χ1n) is 7.53. The Balaban J connectivity index is 1.95. The van der Waals surface area contributed by atoms with E-state index in [4.69, 9.17) is 4.74 Å². The van der Waals surface area contributed by atoms with Crippen LogP contribution in [0.15, 0.2) is 29.1 Å². The van der Waals surface area contributed by atoms with Crippen molar-refractivity contribution < 1.29 is 4.74 Å². The van der Waals surface area contributed by atoms with Gasteiger partial charge in [0.1, 0.15) is 0 Å². The van der Waals surface area contributed by atoms with E-state index >= 15 is 0 Å². The molecular formula is C17H22N2O2. The van der Waals surface area contributed by atoms with Crippen LogP contribution in [0, 0.1) is 6.92 Å². The zero-order chi connectivity index (χ0) is 15.0. The Hall–Kier alpha value is -1.65. The number of ether oxygens (including phenoxy) is 1. The van der Waals surface area contributed by atoms with Crippen LogP contribution in [-0.2, 0) is 11.3 Å². The maximum atomic E-state index is 12.7.